The normalized spacial score (nSPS) is 10.1. The zero-order valence-electron chi connectivity index (χ0n) is 11.3. The second-order valence-electron chi connectivity index (χ2n) is 4.44. The molecule has 20 heavy (non-hydrogen) atoms. The van der Waals surface area contributed by atoms with Gasteiger partial charge in [0.05, 0.1) is 4.92 Å². The summed E-state index contributed by atoms with van der Waals surface area (Å²) in [5.74, 6) is -0.322. The van der Waals surface area contributed by atoms with Crippen LogP contribution in [0.2, 0.25) is 5.02 Å². The fourth-order valence-corrected chi connectivity index (χ4v) is 1.84. The number of carbonyl (C=O) groups excluding carboxylic acids is 1. The number of carbonyl (C=O) groups is 1. The number of nitro groups is 1. The van der Waals surface area contributed by atoms with E-state index in [4.69, 9.17) is 11.6 Å². The van der Waals surface area contributed by atoms with Crippen LogP contribution in [-0.2, 0) is 4.79 Å². The van der Waals surface area contributed by atoms with Crippen LogP contribution in [0.4, 0.5) is 11.4 Å². The minimum Gasteiger partial charge on any atom is -0.322 e. The zero-order valence-corrected chi connectivity index (χ0v) is 12.1. The van der Waals surface area contributed by atoms with E-state index in [1.54, 1.807) is 0 Å². The first kappa shape index (κ1) is 16.2. The van der Waals surface area contributed by atoms with Crippen molar-refractivity contribution in [1.82, 2.24) is 0 Å². The topological polar surface area (TPSA) is 72.2 Å². The van der Waals surface area contributed by atoms with E-state index in [1.807, 2.05) is 0 Å². The number of benzene rings is 1. The maximum absolute atomic E-state index is 11.9. The summed E-state index contributed by atoms with van der Waals surface area (Å²) >= 11 is 5.70. The molecule has 1 aromatic rings. The van der Waals surface area contributed by atoms with E-state index in [9.17, 15) is 14.9 Å². The van der Waals surface area contributed by atoms with Crippen molar-refractivity contribution in [3.63, 3.8) is 0 Å². The van der Waals surface area contributed by atoms with Gasteiger partial charge in [0.25, 0.3) is 11.6 Å². The molecular formula is C14H17ClN2O3. The summed E-state index contributed by atoms with van der Waals surface area (Å²) in [5.41, 5.74) is 0.569. The third kappa shape index (κ3) is 4.66. The van der Waals surface area contributed by atoms with E-state index < -0.39 is 4.92 Å². The lowest BCUT2D eigenvalue weighted by Gasteiger charge is -2.07. The van der Waals surface area contributed by atoms with E-state index in [0.29, 0.717) is 17.7 Å². The van der Waals surface area contributed by atoms with Gasteiger partial charge >= 0.3 is 0 Å². The van der Waals surface area contributed by atoms with Gasteiger partial charge in [-0.25, -0.2) is 0 Å². The van der Waals surface area contributed by atoms with Crippen molar-refractivity contribution in [2.24, 2.45) is 0 Å². The summed E-state index contributed by atoms with van der Waals surface area (Å²) in [4.78, 5) is 22.0. The number of nitro benzene ring substituents is 1. The number of halogens is 1. The lowest BCUT2D eigenvalue weighted by atomic mass is 10.1. The summed E-state index contributed by atoms with van der Waals surface area (Å²) in [6.07, 6.45) is 3.63. The molecule has 0 heterocycles. The molecule has 0 fully saturated rings. The van der Waals surface area contributed by atoms with Crippen molar-refractivity contribution < 1.29 is 9.72 Å². The number of nitrogens with zero attached hydrogens (tertiary/aromatic N) is 1. The highest BCUT2D eigenvalue weighted by Gasteiger charge is 2.14. The van der Waals surface area contributed by atoms with Gasteiger partial charge in [-0.2, -0.15) is 0 Å². The monoisotopic (exact) mass is 296 g/mol. The molecule has 108 valence electrons. The molecule has 6 heteroatoms. The van der Waals surface area contributed by atoms with E-state index in [1.165, 1.54) is 18.2 Å². The minimum atomic E-state index is -0.589. The summed E-state index contributed by atoms with van der Waals surface area (Å²) in [5, 5.41) is 13.4. The Morgan fingerprint density at radius 2 is 2.15 bits per heavy atom. The summed E-state index contributed by atoms with van der Waals surface area (Å²) < 4.78 is 0. The fourth-order valence-electron chi connectivity index (χ4n) is 1.65. The molecule has 0 unspecified atom stereocenters. The van der Waals surface area contributed by atoms with Crippen LogP contribution in [0.3, 0.4) is 0 Å². The van der Waals surface area contributed by atoms with Gasteiger partial charge in [0.15, 0.2) is 0 Å². The molecule has 0 atom stereocenters. The Kier molecular flexibility index (Phi) is 6.18. The molecule has 0 bridgehead atoms. The lowest BCUT2D eigenvalue weighted by Crippen LogP contribution is -2.13. The molecule has 0 saturated heterocycles. The van der Waals surface area contributed by atoms with Gasteiger partial charge < -0.3 is 5.32 Å². The predicted octanol–water partition coefficient (Wildman–Crippen LogP) is 4.32. The standard InChI is InChI=1S/C14H17ClN2O3/c1-3-4-5-6-10(2)14(18)16-11-7-8-12(15)13(9-11)17(19)20/h7-9H,2-6H2,1H3,(H,16,18). The molecule has 1 aromatic carbocycles. The Hall–Kier alpha value is -1.88. The van der Waals surface area contributed by atoms with Crippen LogP contribution in [0, 0.1) is 10.1 Å². The predicted molar refractivity (Wildman–Crippen MR) is 80.0 cm³/mol. The van der Waals surface area contributed by atoms with Gasteiger partial charge in [-0.3, -0.25) is 14.9 Å². The second kappa shape index (κ2) is 7.65. The smallest absolute Gasteiger partial charge is 0.289 e. The van der Waals surface area contributed by atoms with Crippen LogP contribution < -0.4 is 5.32 Å². The number of rotatable bonds is 7. The first-order chi connectivity index (χ1) is 9.45. The molecule has 1 amide bonds. The Bertz CT molecular complexity index is 529. The van der Waals surface area contributed by atoms with Gasteiger partial charge in [-0.05, 0) is 25.0 Å². The van der Waals surface area contributed by atoms with Crippen molar-refractivity contribution in [3.05, 3.63) is 45.5 Å². The third-order valence-corrected chi connectivity index (χ3v) is 3.12. The Morgan fingerprint density at radius 1 is 1.45 bits per heavy atom. The van der Waals surface area contributed by atoms with E-state index in [-0.39, 0.29) is 16.6 Å². The number of amides is 1. The maximum atomic E-state index is 11.9. The Morgan fingerprint density at radius 3 is 2.75 bits per heavy atom. The SMILES string of the molecule is C=C(CCCCC)C(=O)Nc1ccc(Cl)c([N+](=O)[O-])c1. The number of hydrogen-bond acceptors (Lipinski definition) is 3. The molecule has 1 rings (SSSR count). The molecular weight excluding hydrogens is 280 g/mol. The average Bonchev–Trinajstić information content (AvgIpc) is 2.40. The van der Waals surface area contributed by atoms with Crippen molar-refractivity contribution in [2.45, 2.75) is 32.6 Å². The maximum Gasteiger partial charge on any atom is 0.289 e. The van der Waals surface area contributed by atoms with Gasteiger partial charge in [-0.15, -0.1) is 0 Å². The zero-order chi connectivity index (χ0) is 15.1. The highest BCUT2D eigenvalue weighted by molar-refractivity contribution is 6.32. The van der Waals surface area contributed by atoms with Crippen LogP contribution in [0.15, 0.2) is 30.4 Å². The quantitative estimate of drug-likeness (QED) is 0.352. The summed E-state index contributed by atoms with van der Waals surface area (Å²) in [6, 6.07) is 4.14. The Labute approximate surface area is 122 Å². The lowest BCUT2D eigenvalue weighted by molar-refractivity contribution is -0.384. The van der Waals surface area contributed by atoms with Gasteiger partial charge in [0, 0.05) is 17.3 Å². The molecule has 5 nitrogen and oxygen atoms in total. The van der Waals surface area contributed by atoms with E-state index >= 15 is 0 Å². The minimum absolute atomic E-state index is 0.0368. The largest absolute Gasteiger partial charge is 0.322 e. The van der Waals surface area contributed by atoms with Gasteiger partial charge in [-0.1, -0.05) is 37.9 Å². The number of unbranched alkanes of at least 4 members (excludes halogenated alkanes) is 2. The second-order valence-corrected chi connectivity index (χ2v) is 4.85. The number of nitrogens with one attached hydrogen (secondary N) is 1. The van der Waals surface area contributed by atoms with E-state index in [0.717, 1.165) is 19.3 Å². The number of anilines is 1. The van der Waals surface area contributed by atoms with E-state index in [2.05, 4.69) is 18.8 Å². The molecule has 0 aliphatic rings. The third-order valence-electron chi connectivity index (χ3n) is 2.80. The van der Waals surface area contributed by atoms with Crippen LogP contribution in [0.1, 0.15) is 32.6 Å². The van der Waals surface area contributed by atoms with Crippen LogP contribution in [-0.4, -0.2) is 10.8 Å². The highest BCUT2D eigenvalue weighted by atomic mass is 35.5. The molecule has 0 saturated carbocycles. The molecule has 1 N–H and O–H groups in total. The molecule has 0 spiro atoms. The van der Waals surface area contributed by atoms with Crippen LogP contribution >= 0.6 is 11.6 Å². The summed E-state index contributed by atoms with van der Waals surface area (Å²) in [6.45, 7) is 5.80. The fraction of sp³-hybridized carbons (Fsp3) is 0.357. The summed E-state index contributed by atoms with van der Waals surface area (Å²) in [7, 11) is 0. The molecule has 0 aromatic heterocycles. The van der Waals surface area contributed by atoms with Gasteiger partial charge in [0.1, 0.15) is 5.02 Å². The van der Waals surface area contributed by atoms with Gasteiger partial charge in [0.2, 0.25) is 0 Å². The van der Waals surface area contributed by atoms with Crippen molar-refractivity contribution >= 4 is 28.9 Å². The van der Waals surface area contributed by atoms with Crippen LogP contribution in [0.25, 0.3) is 0 Å². The highest BCUT2D eigenvalue weighted by Crippen LogP contribution is 2.27. The molecule has 0 radical (unpaired) electrons. The van der Waals surface area contributed by atoms with Crippen molar-refractivity contribution in [2.75, 3.05) is 5.32 Å². The first-order valence-electron chi connectivity index (χ1n) is 6.38. The first-order valence-corrected chi connectivity index (χ1v) is 6.76. The molecule has 0 aliphatic carbocycles. The molecule has 0 aliphatic heterocycles. The average molecular weight is 297 g/mol. The van der Waals surface area contributed by atoms with Crippen LogP contribution in [0.5, 0.6) is 0 Å². The Balaban J connectivity index is 2.68. The number of hydrogen-bond donors (Lipinski definition) is 1. The van der Waals surface area contributed by atoms with Crippen molar-refractivity contribution in [1.29, 1.82) is 0 Å². The van der Waals surface area contributed by atoms with Crippen molar-refractivity contribution in [3.8, 4) is 0 Å².